The van der Waals surface area contributed by atoms with Gasteiger partial charge >= 0.3 is 0 Å². The van der Waals surface area contributed by atoms with Gasteiger partial charge in [0.25, 0.3) is 5.91 Å². The number of ether oxygens (including phenoxy) is 2. The van der Waals surface area contributed by atoms with E-state index in [0.717, 1.165) is 16.9 Å². The van der Waals surface area contributed by atoms with Gasteiger partial charge in [0.15, 0.2) is 16.6 Å². The van der Waals surface area contributed by atoms with E-state index in [0.29, 0.717) is 28.8 Å². The van der Waals surface area contributed by atoms with Gasteiger partial charge in [0, 0.05) is 17.5 Å². The van der Waals surface area contributed by atoms with Crippen LogP contribution in [-0.2, 0) is 17.8 Å². The first-order chi connectivity index (χ1) is 17.5. The zero-order valence-electron chi connectivity index (χ0n) is 20.0. The Bertz CT molecular complexity index is 1400. The van der Waals surface area contributed by atoms with E-state index in [9.17, 15) is 10.1 Å². The highest BCUT2D eigenvalue weighted by Crippen LogP contribution is 2.30. The molecule has 6 nitrogen and oxygen atoms in total. The van der Waals surface area contributed by atoms with Gasteiger partial charge in [0.2, 0.25) is 0 Å². The van der Waals surface area contributed by atoms with Crippen molar-refractivity contribution in [2.24, 2.45) is 0 Å². The Morgan fingerprint density at radius 1 is 1.06 bits per heavy atom. The summed E-state index contributed by atoms with van der Waals surface area (Å²) < 4.78 is 11.3. The van der Waals surface area contributed by atoms with Crippen molar-refractivity contribution in [1.82, 2.24) is 4.98 Å². The van der Waals surface area contributed by atoms with Crippen LogP contribution in [0.5, 0.6) is 11.5 Å². The van der Waals surface area contributed by atoms with Crippen LogP contribution in [0.1, 0.15) is 27.1 Å². The molecule has 1 N–H and O–H groups in total. The topological polar surface area (TPSA) is 84.2 Å². The summed E-state index contributed by atoms with van der Waals surface area (Å²) >= 11 is 1.39. The molecule has 0 radical (unpaired) electrons. The lowest BCUT2D eigenvalue weighted by Gasteiger charge is -2.11. The standard InChI is InChI=1S/C29H25N3O3S/c1-20-8-10-21(11-9-20)15-25-18-31-29(36-25)32-28(33)24(17-30)14-23-12-13-26(27(16-23)34-2)35-19-22-6-4-3-5-7-22/h3-14,16,18H,15,19H2,1-2H3,(H,31,32,33)/b24-14+. The Labute approximate surface area is 214 Å². The molecule has 7 heteroatoms. The molecule has 180 valence electrons. The third-order valence-corrected chi connectivity index (χ3v) is 6.29. The Morgan fingerprint density at radius 2 is 1.83 bits per heavy atom. The van der Waals surface area contributed by atoms with Crippen molar-refractivity contribution < 1.29 is 14.3 Å². The maximum atomic E-state index is 12.7. The van der Waals surface area contributed by atoms with Crippen LogP contribution in [0.25, 0.3) is 6.08 Å². The number of nitrogens with one attached hydrogen (secondary N) is 1. The van der Waals surface area contributed by atoms with Crippen LogP contribution in [0.4, 0.5) is 5.13 Å². The largest absolute Gasteiger partial charge is 0.493 e. The van der Waals surface area contributed by atoms with Crippen molar-refractivity contribution in [2.75, 3.05) is 12.4 Å². The molecule has 0 aliphatic rings. The van der Waals surface area contributed by atoms with E-state index in [2.05, 4.69) is 41.5 Å². The van der Waals surface area contributed by atoms with Gasteiger partial charge in [-0.05, 0) is 41.8 Å². The summed E-state index contributed by atoms with van der Waals surface area (Å²) in [5.74, 6) is 0.570. The van der Waals surface area contributed by atoms with Crippen molar-refractivity contribution in [3.8, 4) is 17.6 Å². The van der Waals surface area contributed by atoms with E-state index in [-0.39, 0.29) is 5.57 Å². The number of aromatic nitrogens is 1. The second-order valence-corrected chi connectivity index (χ2v) is 9.22. The molecule has 3 aromatic carbocycles. The highest BCUT2D eigenvalue weighted by atomic mass is 32.1. The zero-order valence-corrected chi connectivity index (χ0v) is 20.8. The minimum atomic E-state index is -0.517. The predicted molar refractivity (Wildman–Crippen MR) is 142 cm³/mol. The molecule has 0 atom stereocenters. The maximum absolute atomic E-state index is 12.7. The molecule has 4 aromatic rings. The number of rotatable bonds is 9. The number of anilines is 1. The van der Waals surface area contributed by atoms with Crippen molar-refractivity contribution in [3.63, 3.8) is 0 Å². The number of carbonyl (C=O) groups excluding carboxylic acids is 1. The molecule has 0 aliphatic carbocycles. The SMILES string of the molecule is COc1cc(/C=C(\C#N)C(=O)Nc2ncc(Cc3ccc(C)cc3)s2)ccc1OCc1ccccc1. The highest BCUT2D eigenvalue weighted by molar-refractivity contribution is 7.15. The lowest BCUT2D eigenvalue weighted by atomic mass is 10.1. The Balaban J connectivity index is 1.42. The summed E-state index contributed by atoms with van der Waals surface area (Å²) in [6.45, 7) is 2.45. The first-order valence-corrected chi connectivity index (χ1v) is 12.1. The van der Waals surface area contributed by atoms with Crippen molar-refractivity contribution in [3.05, 3.63) is 112 Å². The lowest BCUT2D eigenvalue weighted by molar-refractivity contribution is -0.112. The van der Waals surface area contributed by atoms with Crippen LogP contribution in [0.15, 0.2) is 84.6 Å². The quantitative estimate of drug-likeness (QED) is 0.222. The van der Waals surface area contributed by atoms with Crippen LogP contribution < -0.4 is 14.8 Å². The predicted octanol–water partition coefficient (Wildman–Crippen LogP) is 6.18. The molecule has 0 spiro atoms. The fourth-order valence-corrected chi connectivity index (χ4v) is 4.30. The molecule has 0 aliphatic heterocycles. The summed E-state index contributed by atoms with van der Waals surface area (Å²) in [5.41, 5.74) is 4.02. The number of benzene rings is 3. The van der Waals surface area contributed by atoms with Crippen LogP contribution in [0.2, 0.25) is 0 Å². The molecule has 1 heterocycles. The van der Waals surface area contributed by atoms with Crippen molar-refractivity contribution >= 4 is 28.5 Å². The van der Waals surface area contributed by atoms with Gasteiger partial charge in [-0.15, -0.1) is 11.3 Å². The van der Waals surface area contributed by atoms with E-state index >= 15 is 0 Å². The van der Waals surface area contributed by atoms with E-state index in [1.165, 1.54) is 28.5 Å². The molecule has 36 heavy (non-hydrogen) atoms. The van der Waals surface area contributed by atoms with E-state index in [1.807, 2.05) is 36.4 Å². The zero-order chi connectivity index (χ0) is 25.3. The summed E-state index contributed by atoms with van der Waals surface area (Å²) in [7, 11) is 1.55. The molecule has 1 amide bonds. The molecule has 0 bridgehead atoms. The molecule has 1 aromatic heterocycles. The number of nitrogens with zero attached hydrogens (tertiary/aromatic N) is 2. The average molecular weight is 496 g/mol. The molecule has 0 fully saturated rings. The highest BCUT2D eigenvalue weighted by Gasteiger charge is 2.13. The van der Waals surface area contributed by atoms with Crippen molar-refractivity contribution in [2.45, 2.75) is 20.0 Å². The Kier molecular flexibility index (Phi) is 8.12. The summed E-state index contributed by atoms with van der Waals surface area (Å²) in [5, 5.41) is 12.8. The van der Waals surface area contributed by atoms with Crippen molar-refractivity contribution in [1.29, 1.82) is 5.26 Å². The van der Waals surface area contributed by atoms with E-state index in [4.69, 9.17) is 9.47 Å². The van der Waals surface area contributed by atoms with E-state index in [1.54, 1.807) is 31.5 Å². The van der Waals surface area contributed by atoms with Crippen LogP contribution in [0, 0.1) is 18.3 Å². The third-order valence-electron chi connectivity index (χ3n) is 5.37. The Morgan fingerprint density at radius 3 is 2.56 bits per heavy atom. The number of hydrogen-bond acceptors (Lipinski definition) is 6. The van der Waals surface area contributed by atoms with Crippen LogP contribution in [0.3, 0.4) is 0 Å². The third kappa shape index (κ3) is 6.59. The number of thiazole rings is 1. The monoisotopic (exact) mass is 495 g/mol. The van der Waals surface area contributed by atoms with Gasteiger partial charge in [-0.3, -0.25) is 10.1 Å². The molecule has 0 unspecified atom stereocenters. The van der Waals surface area contributed by atoms with E-state index < -0.39 is 5.91 Å². The lowest BCUT2D eigenvalue weighted by Crippen LogP contribution is -2.13. The summed E-state index contributed by atoms with van der Waals surface area (Å²) in [6, 6.07) is 25.4. The molecular formula is C29H25N3O3S. The number of hydrogen-bond donors (Lipinski definition) is 1. The average Bonchev–Trinajstić information content (AvgIpc) is 3.34. The second kappa shape index (κ2) is 11.8. The number of nitriles is 1. The number of aryl methyl sites for hydroxylation is 1. The minimum absolute atomic E-state index is 0.0368. The van der Waals surface area contributed by atoms with Gasteiger partial charge in [-0.25, -0.2) is 4.98 Å². The van der Waals surface area contributed by atoms with Crippen LogP contribution in [-0.4, -0.2) is 18.0 Å². The normalized spacial score (nSPS) is 11.0. The number of amides is 1. The smallest absolute Gasteiger partial charge is 0.268 e. The maximum Gasteiger partial charge on any atom is 0.268 e. The minimum Gasteiger partial charge on any atom is -0.493 e. The Hall–Kier alpha value is -4.41. The molecule has 4 rings (SSSR count). The van der Waals surface area contributed by atoms with Gasteiger partial charge < -0.3 is 9.47 Å². The molecular weight excluding hydrogens is 470 g/mol. The molecule has 0 saturated carbocycles. The number of methoxy groups -OCH3 is 1. The second-order valence-electron chi connectivity index (χ2n) is 8.10. The van der Waals surface area contributed by atoms with Crippen LogP contribution >= 0.6 is 11.3 Å². The molecule has 0 saturated heterocycles. The van der Waals surface area contributed by atoms with Gasteiger partial charge in [-0.2, -0.15) is 5.26 Å². The first-order valence-electron chi connectivity index (χ1n) is 11.3. The fraction of sp³-hybridized carbons (Fsp3) is 0.138. The van der Waals surface area contributed by atoms with Gasteiger partial charge in [0.05, 0.1) is 7.11 Å². The van der Waals surface area contributed by atoms with Gasteiger partial charge in [0.1, 0.15) is 18.2 Å². The fourth-order valence-electron chi connectivity index (χ4n) is 3.46. The van der Waals surface area contributed by atoms with Gasteiger partial charge in [-0.1, -0.05) is 66.2 Å². The summed E-state index contributed by atoms with van der Waals surface area (Å²) in [6.07, 6.45) is 3.99. The summed E-state index contributed by atoms with van der Waals surface area (Å²) in [4.78, 5) is 18.1. The first kappa shape index (κ1) is 24.7. The number of carbonyl (C=O) groups is 1.